The maximum Gasteiger partial charge on any atom is 0.195 e. The van der Waals surface area contributed by atoms with E-state index in [9.17, 15) is 0 Å². The van der Waals surface area contributed by atoms with Crippen molar-refractivity contribution in [1.29, 1.82) is 0 Å². The van der Waals surface area contributed by atoms with Gasteiger partial charge in [0.1, 0.15) is 5.52 Å². The average Bonchev–Trinajstić information content (AvgIpc) is 2.89. The lowest BCUT2D eigenvalue weighted by Crippen LogP contribution is -2.43. The fourth-order valence-corrected chi connectivity index (χ4v) is 2.77. The smallest absolute Gasteiger partial charge is 0.195 e. The Bertz CT molecular complexity index is 597. The molecule has 20 heavy (non-hydrogen) atoms. The number of piperazine rings is 1. The number of oxazole rings is 1. The maximum absolute atomic E-state index is 5.91. The second-order valence-corrected chi connectivity index (χ2v) is 5.74. The molecule has 0 amide bonds. The topological polar surface area (TPSA) is 41.3 Å². The minimum absolute atomic E-state index is 0.443. The SMILES string of the molecule is CCc1nc2cc(N3CCNCC3)cc(C(C)C)c2o1. The van der Waals surface area contributed by atoms with Crippen molar-refractivity contribution in [3.8, 4) is 0 Å². The van der Waals surface area contributed by atoms with E-state index in [1.54, 1.807) is 0 Å². The zero-order chi connectivity index (χ0) is 14.1. The molecule has 0 atom stereocenters. The van der Waals surface area contributed by atoms with Gasteiger partial charge in [-0.25, -0.2) is 4.98 Å². The summed E-state index contributed by atoms with van der Waals surface area (Å²) in [4.78, 5) is 7.05. The zero-order valence-electron chi connectivity index (χ0n) is 12.6. The Balaban J connectivity index is 2.08. The fraction of sp³-hybridized carbons (Fsp3) is 0.562. The van der Waals surface area contributed by atoms with E-state index >= 15 is 0 Å². The van der Waals surface area contributed by atoms with Crippen molar-refractivity contribution in [3.05, 3.63) is 23.6 Å². The van der Waals surface area contributed by atoms with Gasteiger partial charge < -0.3 is 14.6 Å². The van der Waals surface area contributed by atoms with Gasteiger partial charge in [0.2, 0.25) is 0 Å². The third-order valence-electron chi connectivity index (χ3n) is 3.95. The van der Waals surface area contributed by atoms with Gasteiger partial charge >= 0.3 is 0 Å². The van der Waals surface area contributed by atoms with Crippen LogP contribution in [0.25, 0.3) is 11.1 Å². The summed E-state index contributed by atoms with van der Waals surface area (Å²) in [6.45, 7) is 10.7. The van der Waals surface area contributed by atoms with Crippen LogP contribution in [0.1, 0.15) is 38.1 Å². The van der Waals surface area contributed by atoms with E-state index in [0.717, 1.165) is 49.6 Å². The predicted octanol–water partition coefficient (Wildman–Crippen LogP) is 2.92. The lowest BCUT2D eigenvalue weighted by Gasteiger charge is -2.30. The van der Waals surface area contributed by atoms with Gasteiger partial charge in [-0.2, -0.15) is 0 Å². The molecule has 1 saturated heterocycles. The van der Waals surface area contributed by atoms with E-state index in [0.29, 0.717) is 5.92 Å². The molecule has 2 heterocycles. The summed E-state index contributed by atoms with van der Waals surface area (Å²) in [6.07, 6.45) is 0.842. The molecule has 0 aliphatic carbocycles. The highest BCUT2D eigenvalue weighted by molar-refractivity contribution is 5.82. The highest BCUT2D eigenvalue weighted by Gasteiger charge is 2.17. The van der Waals surface area contributed by atoms with Crippen molar-refractivity contribution in [1.82, 2.24) is 10.3 Å². The van der Waals surface area contributed by atoms with Crippen molar-refractivity contribution in [3.63, 3.8) is 0 Å². The molecule has 3 rings (SSSR count). The van der Waals surface area contributed by atoms with E-state index in [4.69, 9.17) is 4.42 Å². The van der Waals surface area contributed by atoms with Crippen LogP contribution in [0.2, 0.25) is 0 Å². The van der Waals surface area contributed by atoms with E-state index in [1.807, 2.05) is 0 Å². The van der Waals surface area contributed by atoms with Crippen LogP contribution in [-0.4, -0.2) is 31.2 Å². The van der Waals surface area contributed by atoms with Gasteiger partial charge in [0.25, 0.3) is 0 Å². The number of fused-ring (bicyclic) bond motifs is 1. The summed E-state index contributed by atoms with van der Waals surface area (Å²) in [5.74, 6) is 1.28. The lowest BCUT2D eigenvalue weighted by atomic mass is 10.0. The number of anilines is 1. The van der Waals surface area contributed by atoms with Crippen molar-refractivity contribution >= 4 is 16.8 Å². The molecule has 0 unspecified atom stereocenters. The van der Waals surface area contributed by atoms with E-state index in [2.05, 4.69) is 48.1 Å². The first-order chi connectivity index (χ1) is 9.69. The molecule has 2 aromatic rings. The Labute approximate surface area is 120 Å². The van der Waals surface area contributed by atoms with Crippen molar-refractivity contribution < 1.29 is 4.42 Å². The molecule has 1 aliphatic rings. The standard InChI is InChI=1S/C16H23N3O/c1-4-15-18-14-10-12(19-7-5-17-6-8-19)9-13(11(2)3)16(14)20-15/h9-11,17H,4-8H2,1-3H3. The van der Waals surface area contributed by atoms with Gasteiger partial charge in [0, 0.05) is 43.9 Å². The molecule has 4 heteroatoms. The number of aryl methyl sites for hydroxylation is 1. The minimum atomic E-state index is 0.443. The summed E-state index contributed by atoms with van der Waals surface area (Å²) in [5, 5.41) is 3.40. The van der Waals surface area contributed by atoms with Crippen molar-refractivity contribution in [2.75, 3.05) is 31.1 Å². The van der Waals surface area contributed by atoms with Gasteiger partial charge in [0.15, 0.2) is 11.5 Å². The van der Waals surface area contributed by atoms with Crippen LogP contribution in [0.4, 0.5) is 5.69 Å². The molecule has 0 bridgehead atoms. The third-order valence-corrected chi connectivity index (χ3v) is 3.95. The first-order valence-corrected chi connectivity index (χ1v) is 7.58. The van der Waals surface area contributed by atoms with Crippen molar-refractivity contribution in [2.45, 2.75) is 33.1 Å². The van der Waals surface area contributed by atoms with Crippen molar-refractivity contribution in [2.24, 2.45) is 0 Å². The zero-order valence-corrected chi connectivity index (χ0v) is 12.6. The second-order valence-electron chi connectivity index (χ2n) is 5.74. The molecule has 0 saturated carbocycles. The fourth-order valence-electron chi connectivity index (χ4n) is 2.77. The third kappa shape index (κ3) is 2.40. The van der Waals surface area contributed by atoms with Crippen LogP contribution in [0.3, 0.4) is 0 Å². The maximum atomic E-state index is 5.91. The van der Waals surface area contributed by atoms with E-state index in [-0.39, 0.29) is 0 Å². The molecule has 0 radical (unpaired) electrons. The Kier molecular flexibility index (Phi) is 3.66. The Morgan fingerprint density at radius 1 is 1.30 bits per heavy atom. The van der Waals surface area contributed by atoms with Gasteiger partial charge in [-0.05, 0) is 18.1 Å². The first-order valence-electron chi connectivity index (χ1n) is 7.58. The van der Waals surface area contributed by atoms with Gasteiger partial charge in [0.05, 0.1) is 0 Å². The van der Waals surface area contributed by atoms with Crippen LogP contribution >= 0.6 is 0 Å². The predicted molar refractivity (Wildman–Crippen MR) is 82.6 cm³/mol. The minimum Gasteiger partial charge on any atom is -0.440 e. The molecular formula is C16H23N3O. The molecule has 1 aromatic carbocycles. The summed E-state index contributed by atoms with van der Waals surface area (Å²) in [5.41, 5.74) is 4.51. The number of benzene rings is 1. The molecule has 0 spiro atoms. The molecule has 1 aromatic heterocycles. The van der Waals surface area contributed by atoms with Gasteiger partial charge in [-0.3, -0.25) is 0 Å². The van der Waals surface area contributed by atoms with Gasteiger partial charge in [-0.1, -0.05) is 20.8 Å². The highest BCUT2D eigenvalue weighted by atomic mass is 16.3. The van der Waals surface area contributed by atoms with Crippen LogP contribution < -0.4 is 10.2 Å². The van der Waals surface area contributed by atoms with Crippen LogP contribution in [-0.2, 0) is 6.42 Å². The van der Waals surface area contributed by atoms with Crippen LogP contribution in [0, 0.1) is 0 Å². The molecule has 4 nitrogen and oxygen atoms in total. The Morgan fingerprint density at radius 3 is 2.70 bits per heavy atom. The quantitative estimate of drug-likeness (QED) is 0.933. The molecule has 1 aliphatic heterocycles. The average molecular weight is 273 g/mol. The number of nitrogens with one attached hydrogen (secondary N) is 1. The number of hydrogen-bond acceptors (Lipinski definition) is 4. The Morgan fingerprint density at radius 2 is 2.05 bits per heavy atom. The summed E-state index contributed by atoms with van der Waals surface area (Å²) in [7, 11) is 0. The van der Waals surface area contributed by atoms with Crippen LogP contribution in [0.15, 0.2) is 16.5 Å². The van der Waals surface area contributed by atoms with Crippen LogP contribution in [0.5, 0.6) is 0 Å². The molecule has 1 N–H and O–H groups in total. The van der Waals surface area contributed by atoms with Gasteiger partial charge in [-0.15, -0.1) is 0 Å². The normalized spacial score (nSPS) is 16.3. The first kappa shape index (κ1) is 13.4. The molecule has 108 valence electrons. The number of rotatable bonds is 3. The van der Waals surface area contributed by atoms with E-state index in [1.165, 1.54) is 11.3 Å². The second kappa shape index (κ2) is 5.44. The molecule has 1 fully saturated rings. The number of hydrogen-bond donors (Lipinski definition) is 1. The summed E-state index contributed by atoms with van der Waals surface area (Å²) >= 11 is 0. The lowest BCUT2D eigenvalue weighted by molar-refractivity contribution is 0.533. The molecular weight excluding hydrogens is 250 g/mol. The summed E-state index contributed by atoms with van der Waals surface area (Å²) in [6, 6.07) is 4.46. The Hall–Kier alpha value is -1.55. The monoisotopic (exact) mass is 273 g/mol. The largest absolute Gasteiger partial charge is 0.440 e. The highest BCUT2D eigenvalue weighted by Crippen LogP contribution is 2.31. The number of aromatic nitrogens is 1. The summed E-state index contributed by atoms with van der Waals surface area (Å²) < 4.78 is 5.91. The number of nitrogens with zero attached hydrogens (tertiary/aromatic N) is 2. The van der Waals surface area contributed by atoms with E-state index < -0.39 is 0 Å².